The van der Waals surface area contributed by atoms with E-state index < -0.39 is 0 Å². The predicted octanol–water partition coefficient (Wildman–Crippen LogP) is 3.27. The third-order valence-corrected chi connectivity index (χ3v) is 5.53. The Labute approximate surface area is 121 Å². The van der Waals surface area contributed by atoms with Crippen LogP contribution in [-0.2, 0) is 6.42 Å². The third kappa shape index (κ3) is 3.99. The molecule has 0 radical (unpaired) electrons. The molecular weight excluding hydrogens is 254 g/mol. The van der Waals surface area contributed by atoms with Crippen LogP contribution in [-0.4, -0.2) is 33.4 Å². The summed E-state index contributed by atoms with van der Waals surface area (Å²) in [6, 6.07) is 3.28. The fourth-order valence-corrected chi connectivity index (χ4v) is 4.06. The van der Waals surface area contributed by atoms with Crippen molar-refractivity contribution in [2.24, 2.45) is 0 Å². The van der Waals surface area contributed by atoms with Gasteiger partial charge in [0, 0.05) is 30.0 Å². The summed E-state index contributed by atoms with van der Waals surface area (Å²) < 4.78 is 2.11. The first-order valence-corrected chi connectivity index (χ1v) is 8.68. The van der Waals surface area contributed by atoms with Gasteiger partial charge in [0.1, 0.15) is 0 Å². The first-order valence-electron chi connectivity index (χ1n) is 7.63. The van der Waals surface area contributed by atoms with Crippen LogP contribution in [0.3, 0.4) is 0 Å². The maximum Gasteiger partial charge on any atom is 0.0640 e. The Morgan fingerprint density at radius 2 is 2.37 bits per heavy atom. The third-order valence-electron chi connectivity index (χ3n) is 4.02. The zero-order chi connectivity index (χ0) is 13.7. The van der Waals surface area contributed by atoms with Crippen LogP contribution >= 0.6 is 11.8 Å². The monoisotopic (exact) mass is 281 g/mol. The van der Waals surface area contributed by atoms with Crippen LogP contribution in [0.5, 0.6) is 0 Å². The van der Waals surface area contributed by atoms with E-state index in [1.165, 1.54) is 24.3 Å². The molecule has 3 atom stereocenters. The summed E-state index contributed by atoms with van der Waals surface area (Å²) >= 11 is 2.13. The molecule has 4 heteroatoms. The van der Waals surface area contributed by atoms with E-state index in [4.69, 9.17) is 5.10 Å². The van der Waals surface area contributed by atoms with Gasteiger partial charge in [0.15, 0.2) is 0 Å². The van der Waals surface area contributed by atoms with Crippen LogP contribution < -0.4 is 5.32 Å². The number of likely N-dealkylation sites (N-methyl/N-ethyl adjacent to an activating group) is 1. The second-order valence-electron chi connectivity index (χ2n) is 5.46. The first kappa shape index (κ1) is 14.9. The molecule has 1 aromatic heterocycles. The quantitative estimate of drug-likeness (QED) is 0.832. The Morgan fingerprint density at radius 3 is 3.00 bits per heavy atom. The van der Waals surface area contributed by atoms with Gasteiger partial charge >= 0.3 is 0 Å². The van der Waals surface area contributed by atoms with Crippen molar-refractivity contribution in [3.63, 3.8) is 0 Å². The zero-order valence-corrected chi connectivity index (χ0v) is 13.2. The second-order valence-corrected chi connectivity index (χ2v) is 6.81. The largest absolute Gasteiger partial charge is 0.313 e. The molecule has 108 valence electrons. The van der Waals surface area contributed by atoms with Crippen LogP contribution in [0.4, 0.5) is 0 Å². The Bertz CT molecular complexity index is 371. The van der Waals surface area contributed by atoms with E-state index in [-0.39, 0.29) is 0 Å². The minimum Gasteiger partial charge on any atom is -0.313 e. The van der Waals surface area contributed by atoms with Crippen molar-refractivity contribution in [3.8, 4) is 0 Å². The Kier molecular flexibility index (Phi) is 5.76. The number of nitrogens with zero attached hydrogens (tertiary/aromatic N) is 2. The summed E-state index contributed by atoms with van der Waals surface area (Å²) in [6.45, 7) is 7.69. The van der Waals surface area contributed by atoms with Crippen molar-refractivity contribution in [1.29, 1.82) is 0 Å². The number of hydrogen-bond donors (Lipinski definition) is 1. The lowest BCUT2D eigenvalue weighted by molar-refractivity contribution is 0.459. The molecule has 19 heavy (non-hydrogen) atoms. The number of rotatable bonds is 7. The highest BCUT2D eigenvalue weighted by molar-refractivity contribution is 8.00. The molecule has 1 N–H and O–H groups in total. The summed E-state index contributed by atoms with van der Waals surface area (Å²) in [5.41, 5.74) is 1.23. The van der Waals surface area contributed by atoms with Crippen LogP contribution in [0.25, 0.3) is 0 Å². The molecule has 2 heterocycles. The van der Waals surface area contributed by atoms with Gasteiger partial charge in [-0.15, -0.1) is 0 Å². The summed E-state index contributed by atoms with van der Waals surface area (Å²) in [4.78, 5) is 0. The average Bonchev–Trinajstić information content (AvgIpc) is 3.08. The SMILES string of the molecule is CCNC(Cc1ccn(C(C)CC)n1)C1CCCS1. The Morgan fingerprint density at radius 1 is 1.53 bits per heavy atom. The van der Waals surface area contributed by atoms with Gasteiger partial charge in [0.2, 0.25) is 0 Å². The van der Waals surface area contributed by atoms with Gasteiger partial charge < -0.3 is 5.32 Å². The average molecular weight is 281 g/mol. The molecule has 0 saturated carbocycles. The van der Waals surface area contributed by atoms with E-state index in [0.29, 0.717) is 12.1 Å². The zero-order valence-electron chi connectivity index (χ0n) is 12.4. The molecule has 1 saturated heterocycles. The van der Waals surface area contributed by atoms with Crippen LogP contribution in [0.2, 0.25) is 0 Å². The van der Waals surface area contributed by atoms with E-state index in [1.807, 2.05) is 0 Å². The lowest BCUT2D eigenvalue weighted by Gasteiger charge is -2.22. The van der Waals surface area contributed by atoms with Gasteiger partial charge in [0.25, 0.3) is 0 Å². The van der Waals surface area contributed by atoms with Crippen LogP contribution in [0.15, 0.2) is 12.3 Å². The van der Waals surface area contributed by atoms with Gasteiger partial charge in [-0.25, -0.2) is 0 Å². The smallest absolute Gasteiger partial charge is 0.0640 e. The van der Waals surface area contributed by atoms with Crippen molar-refractivity contribution in [1.82, 2.24) is 15.1 Å². The van der Waals surface area contributed by atoms with Crippen molar-refractivity contribution >= 4 is 11.8 Å². The molecule has 1 aliphatic heterocycles. The number of thioether (sulfide) groups is 1. The first-order chi connectivity index (χ1) is 9.24. The summed E-state index contributed by atoms with van der Waals surface area (Å²) in [6.07, 6.45) is 7.06. The second kappa shape index (κ2) is 7.34. The molecule has 3 nitrogen and oxygen atoms in total. The highest BCUT2D eigenvalue weighted by atomic mass is 32.2. The molecule has 3 unspecified atom stereocenters. The van der Waals surface area contributed by atoms with Gasteiger partial charge in [-0.2, -0.15) is 16.9 Å². The number of nitrogens with one attached hydrogen (secondary N) is 1. The number of hydrogen-bond acceptors (Lipinski definition) is 3. The predicted molar refractivity (Wildman–Crippen MR) is 83.9 cm³/mol. The van der Waals surface area contributed by atoms with Crippen molar-refractivity contribution in [2.45, 2.75) is 63.8 Å². The van der Waals surface area contributed by atoms with E-state index in [2.05, 4.69) is 54.8 Å². The van der Waals surface area contributed by atoms with Crippen molar-refractivity contribution in [3.05, 3.63) is 18.0 Å². The molecule has 1 aliphatic rings. The van der Waals surface area contributed by atoms with Crippen LogP contribution in [0, 0.1) is 0 Å². The van der Waals surface area contributed by atoms with E-state index in [9.17, 15) is 0 Å². The summed E-state index contributed by atoms with van der Waals surface area (Å²) in [5, 5.41) is 9.17. The lowest BCUT2D eigenvalue weighted by Crippen LogP contribution is -2.39. The normalized spacial score (nSPS) is 22.6. The summed E-state index contributed by atoms with van der Waals surface area (Å²) in [5.74, 6) is 1.33. The molecule has 1 aromatic rings. The van der Waals surface area contributed by atoms with Gasteiger partial charge in [-0.1, -0.05) is 13.8 Å². The molecule has 0 spiro atoms. The lowest BCUT2D eigenvalue weighted by atomic mass is 10.0. The topological polar surface area (TPSA) is 29.9 Å². The minimum atomic E-state index is 0.507. The molecule has 0 amide bonds. The van der Waals surface area contributed by atoms with Crippen molar-refractivity contribution < 1.29 is 0 Å². The van der Waals surface area contributed by atoms with Gasteiger partial charge in [0.05, 0.1) is 5.69 Å². The van der Waals surface area contributed by atoms with Gasteiger partial charge in [-0.05, 0) is 44.6 Å². The van der Waals surface area contributed by atoms with Crippen LogP contribution in [0.1, 0.15) is 51.8 Å². The van der Waals surface area contributed by atoms with Crippen molar-refractivity contribution in [2.75, 3.05) is 12.3 Å². The maximum absolute atomic E-state index is 4.74. The Hall–Kier alpha value is -0.480. The van der Waals surface area contributed by atoms with E-state index in [0.717, 1.165) is 24.6 Å². The minimum absolute atomic E-state index is 0.507. The molecule has 1 fully saturated rings. The molecular formula is C15H27N3S. The molecule has 2 rings (SSSR count). The fraction of sp³-hybridized carbons (Fsp3) is 0.800. The highest BCUT2D eigenvalue weighted by Gasteiger charge is 2.25. The van der Waals surface area contributed by atoms with E-state index >= 15 is 0 Å². The van der Waals surface area contributed by atoms with Gasteiger partial charge in [-0.3, -0.25) is 4.68 Å². The highest BCUT2D eigenvalue weighted by Crippen LogP contribution is 2.30. The molecule has 0 aromatic carbocycles. The standard InChI is InChI=1S/C15H27N3S/c1-4-12(3)18-9-8-13(17-18)11-14(16-5-2)15-7-6-10-19-15/h8-9,12,14-16H,4-7,10-11H2,1-3H3. The fourth-order valence-electron chi connectivity index (χ4n) is 2.66. The molecule has 0 aliphatic carbocycles. The summed E-state index contributed by atoms with van der Waals surface area (Å²) in [7, 11) is 0. The Balaban J connectivity index is 1.97. The maximum atomic E-state index is 4.74. The molecule has 0 bridgehead atoms. The van der Waals surface area contributed by atoms with E-state index in [1.54, 1.807) is 0 Å². The number of aromatic nitrogens is 2.